The number of pyridine rings is 1. The molecule has 0 aliphatic heterocycles. The van der Waals surface area contributed by atoms with E-state index in [1.807, 2.05) is 12.1 Å². The Balaban J connectivity index is 2.94. The molecule has 0 aliphatic rings. The van der Waals surface area contributed by atoms with Crippen LogP contribution in [0.3, 0.4) is 0 Å². The van der Waals surface area contributed by atoms with Gasteiger partial charge >= 0.3 is 0 Å². The van der Waals surface area contributed by atoms with Crippen LogP contribution in [0.1, 0.15) is 0 Å². The van der Waals surface area contributed by atoms with Crippen molar-refractivity contribution in [2.24, 2.45) is 0 Å². The SMILES string of the molecule is Clc1ccnc2c(I)c(I)ccc12. The second-order valence-electron chi connectivity index (χ2n) is 2.55. The van der Waals surface area contributed by atoms with Crippen LogP contribution in [-0.4, -0.2) is 4.98 Å². The summed E-state index contributed by atoms with van der Waals surface area (Å²) in [5.41, 5.74) is 0.986. The van der Waals surface area contributed by atoms with Gasteiger partial charge in [-0.15, -0.1) is 0 Å². The zero-order chi connectivity index (χ0) is 9.42. The summed E-state index contributed by atoms with van der Waals surface area (Å²) in [6.45, 7) is 0. The topological polar surface area (TPSA) is 12.9 Å². The van der Waals surface area contributed by atoms with Gasteiger partial charge in [-0.05, 0) is 57.3 Å². The summed E-state index contributed by atoms with van der Waals surface area (Å²) in [4.78, 5) is 4.31. The maximum Gasteiger partial charge on any atom is 0.0861 e. The Labute approximate surface area is 108 Å². The standard InChI is InChI=1S/C9H4ClI2N/c10-6-3-4-13-9-5(6)1-2-7(11)8(9)12/h1-4H. The molecule has 4 heteroatoms. The van der Waals surface area contributed by atoms with E-state index in [1.54, 1.807) is 6.20 Å². The minimum atomic E-state index is 0.763. The summed E-state index contributed by atoms with van der Waals surface area (Å²) in [6.07, 6.45) is 1.74. The van der Waals surface area contributed by atoms with E-state index in [2.05, 4.69) is 56.2 Å². The van der Waals surface area contributed by atoms with Gasteiger partial charge in [0, 0.05) is 15.2 Å². The number of benzene rings is 1. The average molecular weight is 415 g/mol. The maximum absolute atomic E-state index is 6.04. The van der Waals surface area contributed by atoms with Crippen LogP contribution in [0.2, 0.25) is 5.02 Å². The summed E-state index contributed by atoms with van der Waals surface area (Å²) >= 11 is 10.6. The molecule has 1 nitrogen and oxygen atoms in total. The Morgan fingerprint density at radius 2 is 1.92 bits per heavy atom. The summed E-state index contributed by atoms with van der Waals surface area (Å²) in [7, 11) is 0. The number of nitrogens with zero attached hydrogens (tertiary/aromatic N) is 1. The number of hydrogen-bond donors (Lipinski definition) is 0. The molecule has 0 radical (unpaired) electrons. The summed E-state index contributed by atoms with van der Waals surface area (Å²) in [5, 5.41) is 1.79. The van der Waals surface area contributed by atoms with E-state index in [0.29, 0.717) is 0 Å². The molecule has 2 rings (SSSR count). The molecule has 0 saturated carbocycles. The maximum atomic E-state index is 6.04. The molecule has 0 bridgehead atoms. The highest BCUT2D eigenvalue weighted by atomic mass is 127. The average Bonchev–Trinajstić information content (AvgIpc) is 2.12. The van der Waals surface area contributed by atoms with E-state index < -0.39 is 0 Å². The van der Waals surface area contributed by atoms with Crippen LogP contribution in [0.5, 0.6) is 0 Å². The van der Waals surface area contributed by atoms with Crippen molar-refractivity contribution in [2.45, 2.75) is 0 Å². The first-order valence-electron chi connectivity index (χ1n) is 3.58. The van der Waals surface area contributed by atoms with Crippen molar-refractivity contribution in [1.82, 2.24) is 4.98 Å². The third-order valence-electron chi connectivity index (χ3n) is 1.75. The summed E-state index contributed by atoms with van der Waals surface area (Å²) in [5.74, 6) is 0. The first-order chi connectivity index (χ1) is 6.20. The lowest BCUT2D eigenvalue weighted by Gasteiger charge is -2.02. The largest absolute Gasteiger partial charge is 0.255 e. The highest BCUT2D eigenvalue weighted by molar-refractivity contribution is 14.1. The van der Waals surface area contributed by atoms with Crippen LogP contribution >= 0.6 is 56.8 Å². The van der Waals surface area contributed by atoms with Crippen LogP contribution in [0.25, 0.3) is 10.9 Å². The Bertz CT molecular complexity index is 470. The predicted molar refractivity (Wildman–Crippen MR) is 72.2 cm³/mol. The van der Waals surface area contributed by atoms with Crippen molar-refractivity contribution in [2.75, 3.05) is 0 Å². The Hall–Kier alpha value is 0.380. The second-order valence-corrected chi connectivity index (χ2v) is 5.20. The molecular formula is C9H4ClI2N. The van der Waals surface area contributed by atoms with E-state index in [-0.39, 0.29) is 0 Å². The molecule has 1 aromatic heterocycles. The lowest BCUT2D eigenvalue weighted by molar-refractivity contribution is 1.39. The van der Waals surface area contributed by atoms with Gasteiger partial charge in [0.1, 0.15) is 0 Å². The number of aromatic nitrogens is 1. The fourth-order valence-corrected chi connectivity index (χ4v) is 2.38. The summed E-state index contributed by atoms with van der Waals surface area (Å²) < 4.78 is 2.37. The van der Waals surface area contributed by atoms with Gasteiger partial charge in [0.15, 0.2) is 0 Å². The number of fused-ring (bicyclic) bond motifs is 1. The molecule has 0 amide bonds. The molecule has 0 aliphatic carbocycles. The van der Waals surface area contributed by atoms with E-state index in [1.165, 1.54) is 7.14 Å². The van der Waals surface area contributed by atoms with Crippen molar-refractivity contribution in [3.8, 4) is 0 Å². The van der Waals surface area contributed by atoms with Gasteiger partial charge in [-0.1, -0.05) is 17.7 Å². The Morgan fingerprint density at radius 3 is 2.69 bits per heavy atom. The Kier molecular flexibility index (Phi) is 2.94. The van der Waals surface area contributed by atoms with Crippen molar-refractivity contribution in [3.63, 3.8) is 0 Å². The number of rotatable bonds is 0. The van der Waals surface area contributed by atoms with Gasteiger partial charge < -0.3 is 0 Å². The van der Waals surface area contributed by atoms with Crippen molar-refractivity contribution < 1.29 is 0 Å². The molecule has 1 heterocycles. The molecule has 66 valence electrons. The number of hydrogen-bond acceptors (Lipinski definition) is 1. The molecule has 0 saturated heterocycles. The smallest absolute Gasteiger partial charge is 0.0861 e. The molecule has 0 atom stereocenters. The fourth-order valence-electron chi connectivity index (χ4n) is 1.13. The van der Waals surface area contributed by atoms with Gasteiger partial charge in [-0.2, -0.15) is 0 Å². The van der Waals surface area contributed by atoms with Crippen LogP contribution < -0.4 is 0 Å². The molecule has 0 spiro atoms. The van der Waals surface area contributed by atoms with Gasteiger partial charge in [-0.25, -0.2) is 0 Å². The molecule has 2 aromatic rings. The molecule has 1 aromatic carbocycles. The Morgan fingerprint density at radius 1 is 1.15 bits per heavy atom. The van der Waals surface area contributed by atoms with E-state index in [9.17, 15) is 0 Å². The highest BCUT2D eigenvalue weighted by Gasteiger charge is 2.05. The quantitative estimate of drug-likeness (QED) is 0.591. The van der Waals surface area contributed by atoms with Gasteiger partial charge in [0.05, 0.1) is 14.1 Å². The minimum absolute atomic E-state index is 0.763. The van der Waals surface area contributed by atoms with Crippen LogP contribution in [0.15, 0.2) is 24.4 Å². The third-order valence-corrected chi connectivity index (χ3v) is 5.10. The van der Waals surface area contributed by atoms with Crippen molar-refractivity contribution in [1.29, 1.82) is 0 Å². The van der Waals surface area contributed by atoms with Crippen LogP contribution in [0.4, 0.5) is 0 Å². The fraction of sp³-hybridized carbons (Fsp3) is 0. The predicted octanol–water partition coefficient (Wildman–Crippen LogP) is 4.10. The lowest BCUT2D eigenvalue weighted by atomic mass is 10.2. The second kappa shape index (κ2) is 3.86. The van der Waals surface area contributed by atoms with E-state index in [4.69, 9.17) is 11.6 Å². The summed E-state index contributed by atoms with van der Waals surface area (Å²) in [6, 6.07) is 5.87. The third kappa shape index (κ3) is 1.78. The van der Waals surface area contributed by atoms with Crippen LogP contribution in [0, 0.1) is 7.14 Å². The number of halogens is 3. The first-order valence-corrected chi connectivity index (χ1v) is 6.12. The van der Waals surface area contributed by atoms with Crippen molar-refractivity contribution in [3.05, 3.63) is 36.6 Å². The first kappa shape index (κ1) is 9.92. The lowest BCUT2D eigenvalue weighted by Crippen LogP contribution is -1.86. The minimum Gasteiger partial charge on any atom is -0.255 e. The molecule has 0 unspecified atom stereocenters. The highest BCUT2D eigenvalue weighted by Crippen LogP contribution is 2.27. The van der Waals surface area contributed by atoms with E-state index in [0.717, 1.165) is 15.9 Å². The monoisotopic (exact) mass is 415 g/mol. The normalized spacial score (nSPS) is 10.7. The van der Waals surface area contributed by atoms with E-state index >= 15 is 0 Å². The molecule has 13 heavy (non-hydrogen) atoms. The van der Waals surface area contributed by atoms with Crippen molar-refractivity contribution >= 4 is 67.7 Å². The molecule has 0 N–H and O–H groups in total. The molecule has 0 fully saturated rings. The van der Waals surface area contributed by atoms with Gasteiger partial charge in [0.25, 0.3) is 0 Å². The zero-order valence-corrected chi connectivity index (χ0v) is 11.5. The molecular weight excluding hydrogens is 411 g/mol. The van der Waals surface area contributed by atoms with Gasteiger partial charge in [0.2, 0.25) is 0 Å². The van der Waals surface area contributed by atoms with Gasteiger partial charge in [-0.3, -0.25) is 4.98 Å². The van der Waals surface area contributed by atoms with Crippen LogP contribution in [-0.2, 0) is 0 Å². The zero-order valence-electron chi connectivity index (χ0n) is 6.39.